The Kier molecular flexibility index (Phi) is 6.79. The number of aromatic nitrogens is 1. The van der Waals surface area contributed by atoms with Gasteiger partial charge in [-0.2, -0.15) is 0 Å². The molecular formula is C23H29N5O3. The fourth-order valence-electron chi connectivity index (χ4n) is 4.26. The Hall–Kier alpha value is -2.97. The molecule has 0 radical (unpaired) electrons. The van der Waals surface area contributed by atoms with E-state index < -0.39 is 0 Å². The maximum Gasteiger partial charge on any atom is 0.241 e. The van der Waals surface area contributed by atoms with Crippen LogP contribution < -0.4 is 20.9 Å². The van der Waals surface area contributed by atoms with Crippen LogP contribution in [-0.4, -0.2) is 47.9 Å². The van der Waals surface area contributed by atoms with E-state index in [1.54, 1.807) is 19.5 Å². The van der Waals surface area contributed by atoms with Crippen molar-refractivity contribution in [2.45, 2.75) is 37.9 Å². The van der Waals surface area contributed by atoms with Crippen molar-refractivity contribution < 1.29 is 14.3 Å². The lowest BCUT2D eigenvalue weighted by atomic mass is 9.95. The topological polar surface area (TPSA) is 95.6 Å². The molecule has 8 nitrogen and oxygen atoms in total. The first-order valence-electron chi connectivity index (χ1n) is 10.7. The Morgan fingerprint density at radius 3 is 2.87 bits per heavy atom. The van der Waals surface area contributed by atoms with Crippen molar-refractivity contribution in [1.82, 2.24) is 26.1 Å². The number of pyridine rings is 1. The van der Waals surface area contributed by atoms with Crippen LogP contribution in [0.2, 0.25) is 0 Å². The summed E-state index contributed by atoms with van der Waals surface area (Å²) in [6.45, 7) is 1.60. The quantitative estimate of drug-likeness (QED) is 0.653. The van der Waals surface area contributed by atoms with Crippen molar-refractivity contribution in [3.63, 3.8) is 0 Å². The number of likely N-dealkylation sites (tertiary alicyclic amines) is 1. The Morgan fingerprint density at radius 1 is 1.23 bits per heavy atom. The minimum absolute atomic E-state index is 0.00696. The number of carbonyl (C=O) groups is 2. The van der Waals surface area contributed by atoms with Crippen LogP contribution >= 0.6 is 0 Å². The molecule has 3 atom stereocenters. The van der Waals surface area contributed by atoms with Crippen molar-refractivity contribution in [2.24, 2.45) is 5.92 Å². The lowest BCUT2D eigenvalue weighted by Crippen LogP contribution is -2.51. The predicted octanol–water partition coefficient (Wildman–Crippen LogP) is 1.55. The third-order valence-corrected chi connectivity index (χ3v) is 6.01. The van der Waals surface area contributed by atoms with Gasteiger partial charge in [0.05, 0.1) is 13.0 Å². The molecule has 3 heterocycles. The molecule has 164 valence electrons. The smallest absolute Gasteiger partial charge is 0.241 e. The summed E-state index contributed by atoms with van der Waals surface area (Å²) in [5.74, 6) is 0.624. The van der Waals surface area contributed by atoms with Gasteiger partial charge in [-0.15, -0.1) is 0 Å². The molecule has 2 aromatic rings. The first-order chi connectivity index (χ1) is 15.1. The van der Waals surface area contributed by atoms with E-state index in [0.29, 0.717) is 26.1 Å². The SMILES string of the molecule is COc1cccc(CNC(=O)C2CCCN(C(=O)C3CC(c4ccncc4)NN3)C2)c1. The fourth-order valence-corrected chi connectivity index (χ4v) is 4.26. The average molecular weight is 424 g/mol. The maximum atomic E-state index is 13.1. The third kappa shape index (κ3) is 5.21. The Bertz CT molecular complexity index is 907. The van der Waals surface area contributed by atoms with Gasteiger partial charge in [-0.3, -0.25) is 14.6 Å². The number of hydrazine groups is 1. The van der Waals surface area contributed by atoms with E-state index in [9.17, 15) is 9.59 Å². The molecule has 0 spiro atoms. The van der Waals surface area contributed by atoms with Gasteiger partial charge in [-0.1, -0.05) is 12.1 Å². The van der Waals surface area contributed by atoms with Crippen LogP contribution in [0.15, 0.2) is 48.8 Å². The first-order valence-corrected chi connectivity index (χ1v) is 10.7. The zero-order valence-corrected chi connectivity index (χ0v) is 17.7. The average Bonchev–Trinajstić information content (AvgIpc) is 3.33. The van der Waals surface area contributed by atoms with E-state index in [2.05, 4.69) is 21.2 Å². The van der Waals surface area contributed by atoms with Crippen molar-refractivity contribution >= 4 is 11.8 Å². The zero-order valence-electron chi connectivity index (χ0n) is 17.7. The molecule has 2 fully saturated rings. The number of carbonyl (C=O) groups excluding carboxylic acids is 2. The van der Waals surface area contributed by atoms with E-state index in [4.69, 9.17) is 4.74 Å². The predicted molar refractivity (Wildman–Crippen MR) is 116 cm³/mol. The van der Waals surface area contributed by atoms with Crippen LogP contribution in [0, 0.1) is 5.92 Å². The van der Waals surface area contributed by atoms with Gasteiger partial charge in [-0.25, -0.2) is 10.9 Å². The van der Waals surface area contributed by atoms with Crippen LogP contribution in [0.4, 0.5) is 0 Å². The Morgan fingerprint density at radius 2 is 2.06 bits per heavy atom. The number of benzene rings is 1. The highest BCUT2D eigenvalue weighted by Crippen LogP contribution is 2.24. The molecule has 2 aliphatic heterocycles. The van der Waals surface area contributed by atoms with Gasteiger partial charge in [0.25, 0.3) is 0 Å². The van der Waals surface area contributed by atoms with E-state index in [0.717, 1.165) is 29.7 Å². The van der Waals surface area contributed by atoms with Crippen molar-refractivity contribution in [1.29, 1.82) is 0 Å². The summed E-state index contributed by atoms with van der Waals surface area (Å²) in [5, 5.41) is 3.01. The standard InChI is InChI=1S/C23H29N5O3/c1-31-19-6-2-4-16(12-19)14-25-22(29)18-5-3-11-28(15-18)23(30)21-13-20(26-27-21)17-7-9-24-10-8-17/h2,4,6-10,12,18,20-21,26-27H,3,5,11,13-15H2,1H3,(H,25,29). The minimum Gasteiger partial charge on any atom is -0.497 e. The second-order valence-electron chi connectivity index (χ2n) is 8.10. The molecule has 3 unspecified atom stereocenters. The summed E-state index contributed by atoms with van der Waals surface area (Å²) in [6.07, 6.45) is 5.81. The van der Waals surface area contributed by atoms with Crippen LogP contribution in [-0.2, 0) is 16.1 Å². The second-order valence-corrected chi connectivity index (χ2v) is 8.10. The number of methoxy groups -OCH3 is 1. The fraction of sp³-hybridized carbons (Fsp3) is 0.435. The Labute approximate surface area is 182 Å². The third-order valence-electron chi connectivity index (χ3n) is 6.01. The molecule has 2 amide bonds. The van der Waals surface area contributed by atoms with Crippen molar-refractivity contribution in [2.75, 3.05) is 20.2 Å². The highest BCUT2D eigenvalue weighted by atomic mass is 16.5. The van der Waals surface area contributed by atoms with Crippen molar-refractivity contribution in [3.8, 4) is 5.75 Å². The number of rotatable bonds is 6. The number of nitrogens with one attached hydrogen (secondary N) is 3. The summed E-state index contributed by atoms with van der Waals surface area (Å²) in [4.78, 5) is 31.7. The molecule has 0 saturated carbocycles. The van der Waals surface area contributed by atoms with Crippen LogP contribution in [0.3, 0.4) is 0 Å². The highest BCUT2D eigenvalue weighted by molar-refractivity contribution is 5.84. The molecule has 2 aliphatic rings. The van der Waals surface area contributed by atoms with E-state index in [-0.39, 0.29) is 29.8 Å². The largest absolute Gasteiger partial charge is 0.497 e. The Balaban J connectivity index is 1.29. The molecule has 2 saturated heterocycles. The molecule has 31 heavy (non-hydrogen) atoms. The van der Waals surface area contributed by atoms with E-state index >= 15 is 0 Å². The molecular weight excluding hydrogens is 394 g/mol. The number of nitrogens with zero attached hydrogens (tertiary/aromatic N) is 2. The monoisotopic (exact) mass is 423 g/mol. The lowest BCUT2D eigenvalue weighted by molar-refractivity contribution is -0.137. The van der Waals surface area contributed by atoms with E-state index in [1.165, 1.54) is 0 Å². The van der Waals surface area contributed by atoms with Gasteiger partial charge in [-0.05, 0) is 54.7 Å². The molecule has 8 heteroatoms. The second kappa shape index (κ2) is 9.89. The zero-order chi connectivity index (χ0) is 21.6. The molecule has 1 aromatic heterocycles. The van der Waals surface area contributed by atoms with Gasteiger partial charge < -0.3 is 15.0 Å². The van der Waals surface area contributed by atoms with Gasteiger partial charge in [0.15, 0.2) is 0 Å². The summed E-state index contributed by atoms with van der Waals surface area (Å²) < 4.78 is 5.23. The van der Waals surface area contributed by atoms with E-state index in [1.807, 2.05) is 41.3 Å². The summed E-state index contributed by atoms with van der Waals surface area (Å²) >= 11 is 0. The summed E-state index contributed by atoms with van der Waals surface area (Å²) in [7, 11) is 1.62. The molecule has 1 aromatic carbocycles. The number of hydrogen-bond donors (Lipinski definition) is 3. The molecule has 4 rings (SSSR count). The summed E-state index contributed by atoms with van der Waals surface area (Å²) in [6, 6.07) is 11.3. The lowest BCUT2D eigenvalue weighted by Gasteiger charge is -2.33. The highest BCUT2D eigenvalue weighted by Gasteiger charge is 2.36. The molecule has 3 N–H and O–H groups in total. The van der Waals surface area contributed by atoms with Crippen LogP contribution in [0.25, 0.3) is 0 Å². The van der Waals surface area contributed by atoms with Crippen LogP contribution in [0.5, 0.6) is 5.75 Å². The van der Waals surface area contributed by atoms with Gasteiger partial charge >= 0.3 is 0 Å². The minimum atomic E-state index is -0.295. The number of piperidine rings is 1. The number of amides is 2. The van der Waals surface area contributed by atoms with Gasteiger partial charge in [0.2, 0.25) is 11.8 Å². The first kappa shape index (κ1) is 21.3. The number of hydrogen-bond acceptors (Lipinski definition) is 6. The molecule has 0 aliphatic carbocycles. The number of ether oxygens (including phenoxy) is 1. The molecule has 0 bridgehead atoms. The van der Waals surface area contributed by atoms with Crippen molar-refractivity contribution in [3.05, 3.63) is 59.9 Å². The van der Waals surface area contributed by atoms with Gasteiger partial charge in [0, 0.05) is 38.1 Å². The maximum absolute atomic E-state index is 13.1. The van der Waals surface area contributed by atoms with Crippen LogP contribution in [0.1, 0.15) is 36.4 Å². The normalized spacial score (nSPS) is 23.4. The van der Waals surface area contributed by atoms with Gasteiger partial charge in [0.1, 0.15) is 11.8 Å². The summed E-state index contributed by atoms with van der Waals surface area (Å²) in [5.41, 5.74) is 8.43.